The fraction of sp³-hybridized carbons (Fsp3) is 0.267. The molecule has 0 N–H and O–H groups in total. The number of rotatable bonds is 8. The fourth-order valence-electron chi connectivity index (χ4n) is 4.86. The summed E-state index contributed by atoms with van der Waals surface area (Å²) in [7, 11) is 0. The van der Waals surface area contributed by atoms with Gasteiger partial charge in [-0.15, -0.1) is 0 Å². The summed E-state index contributed by atoms with van der Waals surface area (Å²) in [5.41, 5.74) is 2.77. The van der Waals surface area contributed by atoms with Gasteiger partial charge in [-0.2, -0.15) is 0 Å². The summed E-state index contributed by atoms with van der Waals surface area (Å²) in [4.78, 5) is 46.1. The summed E-state index contributed by atoms with van der Waals surface area (Å²) in [6.45, 7) is 2.46. The number of anilines is 2. The quantitative estimate of drug-likeness (QED) is 0.202. The van der Waals surface area contributed by atoms with Crippen LogP contribution in [0.5, 0.6) is 11.5 Å². The smallest absolute Gasteiger partial charge is 0.463 e. The van der Waals surface area contributed by atoms with Gasteiger partial charge in [-0.1, -0.05) is 12.1 Å². The van der Waals surface area contributed by atoms with E-state index in [1.54, 1.807) is 42.3 Å². The molecule has 41 heavy (non-hydrogen) atoms. The lowest BCUT2D eigenvalue weighted by Gasteiger charge is -2.38. The van der Waals surface area contributed by atoms with Gasteiger partial charge in [0.1, 0.15) is 34.5 Å². The molecule has 6 rings (SSSR count). The summed E-state index contributed by atoms with van der Waals surface area (Å²) < 4.78 is 26.0. The van der Waals surface area contributed by atoms with E-state index in [4.69, 9.17) is 18.6 Å². The van der Waals surface area contributed by atoms with Crippen molar-refractivity contribution >= 4 is 40.4 Å². The molecule has 4 aromatic rings. The van der Waals surface area contributed by atoms with Crippen LogP contribution in [0.1, 0.15) is 40.5 Å². The molecule has 3 heterocycles. The Kier molecular flexibility index (Phi) is 7.15. The highest BCUT2D eigenvalue weighted by Crippen LogP contribution is 2.41. The van der Waals surface area contributed by atoms with E-state index < -0.39 is 18.9 Å². The molecule has 1 aliphatic heterocycles. The fourth-order valence-corrected chi connectivity index (χ4v) is 4.86. The van der Waals surface area contributed by atoms with Gasteiger partial charge in [-0.3, -0.25) is 9.78 Å². The van der Waals surface area contributed by atoms with Crippen LogP contribution in [0.25, 0.3) is 11.0 Å². The van der Waals surface area contributed by atoms with Crippen LogP contribution in [-0.2, 0) is 14.2 Å². The standard InChI is InChI=1S/C30H27N3O8/c1-2-37-30(36)40-18-39-29(35)23-17-38-26-10-9-20(15-21(23)26)41-27-11-12-31-16-22(27)28(34)33-14-13-32(19-7-8-19)24-5-3-4-6-25(24)33/h3-6,9-12,15-17,19H,2,7-8,13-14,18H2,1H3. The number of furan rings is 1. The molecular formula is C30H27N3O8. The van der Waals surface area contributed by atoms with E-state index in [-0.39, 0.29) is 18.1 Å². The van der Waals surface area contributed by atoms with Crippen molar-refractivity contribution in [2.24, 2.45) is 0 Å². The van der Waals surface area contributed by atoms with Gasteiger partial charge in [0.15, 0.2) is 0 Å². The van der Waals surface area contributed by atoms with Crippen LogP contribution >= 0.6 is 0 Å². The number of carbonyl (C=O) groups excluding carboxylic acids is 3. The predicted molar refractivity (Wildman–Crippen MR) is 147 cm³/mol. The van der Waals surface area contributed by atoms with Gasteiger partial charge in [-0.05, 0) is 56.2 Å². The number of hydrogen-bond acceptors (Lipinski definition) is 10. The monoisotopic (exact) mass is 557 g/mol. The second kappa shape index (κ2) is 11.2. The molecular weight excluding hydrogens is 530 g/mol. The molecule has 2 aliphatic rings. The molecule has 0 radical (unpaired) electrons. The van der Waals surface area contributed by atoms with Gasteiger partial charge in [0.2, 0.25) is 6.79 Å². The summed E-state index contributed by atoms with van der Waals surface area (Å²) in [6, 6.07) is 15.0. The Hall–Kier alpha value is -5.06. The molecule has 1 saturated carbocycles. The number of benzene rings is 2. The zero-order valence-electron chi connectivity index (χ0n) is 22.3. The molecule has 0 atom stereocenters. The molecule has 1 aliphatic carbocycles. The highest BCUT2D eigenvalue weighted by molar-refractivity contribution is 6.10. The molecule has 0 saturated heterocycles. The number of amides is 1. The van der Waals surface area contributed by atoms with Crippen molar-refractivity contribution in [3.63, 3.8) is 0 Å². The highest BCUT2D eigenvalue weighted by atomic mass is 16.8. The van der Waals surface area contributed by atoms with Crippen molar-refractivity contribution in [2.75, 3.05) is 36.3 Å². The summed E-state index contributed by atoms with van der Waals surface area (Å²) in [5, 5.41) is 0.427. The van der Waals surface area contributed by atoms with Crippen molar-refractivity contribution in [1.82, 2.24) is 4.98 Å². The Labute approximate surface area is 235 Å². The number of aromatic nitrogens is 1. The van der Waals surface area contributed by atoms with Gasteiger partial charge in [0.05, 0.1) is 18.0 Å². The highest BCUT2D eigenvalue weighted by Gasteiger charge is 2.36. The van der Waals surface area contributed by atoms with E-state index in [9.17, 15) is 14.4 Å². The van der Waals surface area contributed by atoms with Crippen molar-refractivity contribution in [3.8, 4) is 11.5 Å². The number of pyridine rings is 1. The molecule has 0 bridgehead atoms. The molecule has 0 unspecified atom stereocenters. The van der Waals surface area contributed by atoms with Crippen LogP contribution in [0.4, 0.5) is 16.2 Å². The van der Waals surface area contributed by atoms with Crippen LogP contribution in [0.15, 0.2) is 71.6 Å². The zero-order valence-corrected chi connectivity index (χ0v) is 22.3. The molecule has 1 amide bonds. The number of esters is 1. The predicted octanol–water partition coefficient (Wildman–Crippen LogP) is 5.54. The van der Waals surface area contributed by atoms with E-state index in [0.29, 0.717) is 40.6 Å². The minimum atomic E-state index is -0.941. The molecule has 210 valence electrons. The largest absolute Gasteiger partial charge is 0.511 e. The number of fused-ring (bicyclic) bond motifs is 2. The number of nitrogens with zero attached hydrogens (tertiary/aromatic N) is 3. The van der Waals surface area contributed by atoms with E-state index in [1.165, 1.54) is 25.3 Å². The van der Waals surface area contributed by atoms with Gasteiger partial charge >= 0.3 is 12.1 Å². The maximum atomic E-state index is 13.8. The molecule has 0 spiro atoms. The van der Waals surface area contributed by atoms with Crippen molar-refractivity contribution in [2.45, 2.75) is 25.8 Å². The third-order valence-electron chi connectivity index (χ3n) is 6.91. The van der Waals surface area contributed by atoms with E-state index in [2.05, 4.69) is 20.7 Å². The molecule has 11 heteroatoms. The van der Waals surface area contributed by atoms with Gasteiger partial charge in [-0.25, -0.2) is 9.59 Å². The Morgan fingerprint density at radius 2 is 1.80 bits per heavy atom. The maximum Gasteiger partial charge on any atom is 0.511 e. The Morgan fingerprint density at radius 3 is 2.61 bits per heavy atom. The first kappa shape index (κ1) is 26.2. The Morgan fingerprint density at radius 1 is 0.976 bits per heavy atom. The van der Waals surface area contributed by atoms with Gasteiger partial charge < -0.3 is 33.2 Å². The van der Waals surface area contributed by atoms with Crippen molar-refractivity contribution in [1.29, 1.82) is 0 Å². The Bertz CT molecular complexity index is 1610. The van der Waals surface area contributed by atoms with Crippen molar-refractivity contribution in [3.05, 3.63) is 78.3 Å². The van der Waals surface area contributed by atoms with Crippen LogP contribution in [0, 0.1) is 0 Å². The van der Waals surface area contributed by atoms with E-state index in [0.717, 1.165) is 17.9 Å². The molecule has 11 nitrogen and oxygen atoms in total. The van der Waals surface area contributed by atoms with E-state index in [1.807, 2.05) is 18.2 Å². The van der Waals surface area contributed by atoms with E-state index >= 15 is 0 Å². The number of ether oxygens (including phenoxy) is 4. The van der Waals surface area contributed by atoms with Gasteiger partial charge in [0, 0.05) is 36.9 Å². The Balaban J connectivity index is 1.22. The second-order valence-corrected chi connectivity index (χ2v) is 9.53. The summed E-state index contributed by atoms with van der Waals surface area (Å²) >= 11 is 0. The summed E-state index contributed by atoms with van der Waals surface area (Å²) in [6.07, 6.45) is 5.70. The van der Waals surface area contributed by atoms with Crippen LogP contribution in [0.2, 0.25) is 0 Å². The number of para-hydroxylation sites is 2. The average Bonchev–Trinajstić information content (AvgIpc) is 3.75. The molecule has 1 fully saturated rings. The lowest BCUT2D eigenvalue weighted by molar-refractivity contribution is -0.0261. The topological polar surface area (TPSA) is 121 Å². The first-order chi connectivity index (χ1) is 20.0. The van der Waals surface area contributed by atoms with Crippen LogP contribution < -0.4 is 14.5 Å². The minimum Gasteiger partial charge on any atom is -0.463 e. The average molecular weight is 558 g/mol. The number of carbonyl (C=O) groups is 3. The zero-order chi connectivity index (χ0) is 28.3. The lowest BCUT2D eigenvalue weighted by Crippen LogP contribution is -2.45. The lowest BCUT2D eigenvalue weighted by atomic mass is 10.1. The van der Waals surface area contributed by atoms with Gasteiger partial charge in [0.25, 0.3) is 5.91 Å². The normalized spacial score (nSPS) is 14.4. The minimum absolute atomic E-state index is 0.120. The second-order valence-electron chi connectivity index (χ2n) is 9.53. The summed E-state index contributed by atoms with van der Waals surface area (Å²) in [5.74, 6) is -0.280. The van der Waals surface area contributed by atoms with Crippen LogP contribution in [-0.4, -0.2) is 55.5 Å². The molecule has 2 aromatic carbocycles. The third kappa shape index (κ3) is 5.38. The molecule has 2 aromatic heterocycles. The first-order valence-corrected chi connectivity index (χ1v) is 13.3. The van der Waals surface area contributed by atoms with Crippen molar-refractivity contribution < 1.29 is 37.7 Å². The SMILES string of the molecule is CCOC(=O)OCOC(=O)c1coc2ccc(Oc3ccncc3C(=O)N3CCN(C4CC4)c4ccccc43)cc12. The maximum absolute atomic E-state index is 13.8. The third-order valence-corrected chi connectivity index (χ3v) is 6.91. The van der Waals surface area contributed by atoms with Crippen LogP contribution in [0.3, 0.4) is 0 Å². The number of hydrogen-bond donors (Lipinski definition) is 0. The first-order valence-electron chi connectivity index (χ1n) is 13.3.